The summed E-state index contributed by atoms with van der Waals surface area (Å²) < 4.78 is 7.13. The Bertz CT molecular complexity index is 4440. The lowest BCUT2D eigenvalue weighted by atomic mass is 10.0. The number of para-hydroxylation sites is 6. The second kappa shape index (κ2) is 17.8. The molecule has 0 saturated carbocycles. The molecule has 0 N–H and O–H groups in total. The van der Waals surface area contributed by atoms with E-state index >= 15 is 0 Å². The summed E-state index contributed by atoms with van der Waals surface area (Å²) in [5, 5.41) is 7.47. The molecule has 3 aromatic heterocycles. The number of hydrogen-bond acceptors (Lipinski definition) is 1. The molecule has 0 amide bonds. The minimum absolute atomic E-state index is 1.08. The highest BCUT2D eigenvalue weighted by Crippen LogP contribution is 2.42. The first-order valence-electron chi connectivity index (χ1n) is 26.1. The van der Waals surface area contributed by atoms with Crippen LogP contribution in [0.3, 0.4) is 0 Å². The second-order valence-corrected chi connectivity index (χ2v) is 19.7. The topological polar surface area (TPSA) is 18.0 Å². The monoisotopic (exact) mass is 968 g/mol. The molecule has 12 aromatic carbocycles. The van der Waals surface area contributed by atoms with Crippen molar-refractivity contribution in [1.82, 2.24) is 13.7 Å². The third-order valence-electron chi connectivity index (χ3n) is 15.4. The van der Waals surface area contributed by atoms with E-state index < -0.39 is 0 Å². The quantitative estimate of drug-likeness (QED) is 0.141. The van der Waals surface area contributed by atoms with Gasteiger partial charge in [0.25, 0.3) is 0 Å². The Morgan fingerprint density at radius 3 is 0.855 bits per heavy atom. The van der Waals surface area contributed by atoms with Crippen LogP contribution in [0.5, 0.6) is 0 Å². The summed E-state index contributed by atoms with van der Waals surface area (Å²) in [6.45, 7) is 0. The van der Waals surface area contributed by atoms with Crippen LogP contribution in [0.2, 0.25) is 0 Å². The van der Waals surface area contributed by atoms with Gasteiger partial charge in [-0.2, -0.15) is 0 Å². The number of rotatable bonds is 9. The van der Waals surface area contributed by atoms with Crippen LogP contribution < -0.4 is 4.90 Å². The van der Waals surface area contributed by atoms with Crippen LogP contribution in [0, 0.1) is 0 Å². The fraction of sp³-hybridized carbons (Fsp3) is 0. The molecule has 76 heavy (non-hydrogen) atoms. The van der Waals surface area contributed by atoms with Crippen molar-refractivity contribution in [3.8, 4) is 50.4 Å². The van der Waals surface area contributed by atoms with Gasteiger partial charge >= 0.3 is 0 Å². The van der Waals surface area contributed by atoms with Crippen LogP contribution in [-0.4, -0.2) is 13.7 Å². The van der Waals surface area contributed by atoms with Gasteiger partial charge in [-0.1, -0.05) is 170 Å². The average molecular weight is 969 g/mol. The molecule has 4 heteroatoms. The van der Waals surface area contributed by atoms with E-state index in [2.05, 4.69) is 310 Å². The molecule has 4 nitrogen and oxygen atoms in total. The second-order valence-electron chi connectivity index (χ2n) is 19.7. The Balaban J connectivity index is 0.817. The molecule has 0 fully saturated rings. The predicted octanol–water partition coefficient (Wildman–Crippen LogP) is 19.4. The van der Waals surface area contributed by atoms with Crippen LogP contribution in [0.1, 0.15) is 0 Å². The van der Waals surface area contributed by atoms with E-state index in [1.807, 2.05) is 0 Å². The molecule has 0 spiro atoms. The molecule has 0 bridgehead atoms. The van der Waals surface area contributed by atoms with Crippen molar-refractivity contribution in [2.75, 3.05) is 4.90 Å². The summed E-state index contributed by atoms with van der Waals surface area (Å²) >= 11 is 0. The number of benzene rings is 12. The molecule has 356 valence electrons. The Labute approximate surface area is 440 Å². The Morgan fingerprint density at radius 1 is 0.184 bits per heavy atom. The lowest BCUT2D eigenvalue weighted by Gasteiger charge is -2.26. The maximum Gasteiger partial charge on any atom is 0.0547 e. The average Bonchev–Trinajstić information content (AvgIpc) is 4.17. The lowest BCUT2D eigenvalue weighted by Crippen LogP contribution is -2.09. The van der Waals surface area contributed by atoms with Crippen molar-refractivity contribution in [2.45, 2.75) is 0 Å². The maximum atomic E-state index is 2.39. The zero-order chi connectivity index (χ0) is 50.1. The Hall–Kier alpha value is -10.2. The van der Waals surface area contributed by atoms with Crippen molar-refractivity contribution < 1.29 is 0 Å². The lowest BCUT2D eigenvalue weighted by molar-refractivity contribution is 1.18. The van der Waals surface area contributed by atoms with E-state index in [4.69, 9.17) is 0 Å². The van der Waals surface area contributed by atoms with E-state index in [0.717, 1.165) is 39.7 Å². The fourth-order valence-electron chi connectivity index (χ4n) is 11.9. The van der Waals surface area contributed by atoms with E-state index in [1.54, 1.807) is 0 Å². The standard InChI is InChI=1S/C72H48N4/c1-4-16-55(17-5-1)74-68-26-14-11-23-62(68)65-46-52(35-44-70(65)74)49-28-37-58(38-29-49)73(59-39-30-50(31-40-59)53-36-45-71-66(47-53)63-24-12-15-27-69(63)75(71)56-18-6-2-7-19-56)60-41-32-51(33-42-60)54-34-43-64-61-22-10-13-25-67(61)76(72(64)48-54)57-20-8-3-9-21-57/h1-48H. The van der Waals surface area contributed by atoms with Gasteiger partial charge < -0.3 is 18.6 Å². The van der Waals surface area contributed by atoms with E-state index in [9.17, 15) is 0 Å². The largest absolute Gasteiger partial charge is 0.311 e. The molecule has 0 aliphatic heterocycles. The van der Waals surface area contributed by atoms with Gasteiger partial charge in [0.2, 0.25) is 0 Å². The number of aromatic nitrogens is 3. The normalized spacial score (nSPS) is 11.7. The zero-order valence-electron chi connectivity index (χ0n) is 41.5. The fourth-order valence-corrected chi connectivity index (χ4v) is 11.9. The summed E-state index contributed by atoms with van der Waals surface area (Å²) in [5.41, 5.74) is 20.9. The van der Waals surface area contributed by atoms with Crippen LogP contribution in [0.25, 0.3) is 116 Å². The highest BCUT2D eigenvalue weighted by Gasteiger charge is 2.19. The van der Waals surface area contributed by atoms with Crippen molar-refractivity contribution in [3.05, 3.63) is 291 Å². The van der Waals surface area contributed by atoms with Gasteiger partial charge in [-0.25, -0.2) is 0 Å². The van der Waals surface area contributed by atoms with E-state index in [0.29, 0.717) is 0 Å². The smallest absolute Gasteiger partial charge is 0.0547 e. The number of nitrogens with zero attached hydrogens (tertiary/aromatic N) is 4. The van der Waals surface area contributed by atoms with Crippen molar-refractivity contribution in [2.24, 2.45) is 0 Å². The van der Waals surface area contributed by atoms with Crippen LogP contribution in [0.4, 0.5) is 17.1 Å². The molecule has 0 aliphatic carbocycles. The van der Waals surface area contributed by atoms with Gasteiger partial charge in [-0.05, 0) is 155 Å². The molecule has 0 atom stereocenters. The van der Waals surface area contributed by atoms with Gasteiger partial charge in [0.1, 0.15) is 0 Å². The summed E-state index contributed by atoms with van der Waals surface area (Å²) in [6.07, 6.45) is 0. The first-order chi connectivity index (χ1) is 37.7. The Kier molecular flexibility index (Phi) is 10.2. The number of fused-ring (bicyclic) bond motifs is 9. The molecule has 0 saturated heterocycles. The summed E-state index contributed by atoms with van der Waals surface area (Å²) in [7, 11) is 0. The van der Waals surface area contributed by atoms with Gasteiger partial charge in [-0.15, -0.1) is 0 Å². The molecule has 3 heterocycles. The van der Waals surface area contributed by atoms with Gasteiger partial charge in [0.05, 0.1) is 33.1 Å². The SMILES string of the molecule is c1ccc(-n2c3ccccc3c3cc(-c4ccc(N(c5ccc(-c6ccc7c(c6)c6ccccc6n7-c6ccccc6)cc5)c5ccc(-c6ccc7c8ccccc8n(-c8ccccc8)c7c6)cc5)cc4)ccc32)cc1. The third-order valence-corrected chi connectivity index (χ3v) is 15.4. The van der Waals surface area contributed by atoms with Gasteiger partial charge in [0.15, 0.2) is 0 Å². The maximum absolute atomic E-state index is 2.39. The first-order valence-corrected chi connectivity index (χ1v) is 26.1. The molecule has 15 aromatic rings. The minimum atomic E-state index is 1.08. The van der Waals surface area contributed by atoms with Crippen LogP contribution >= 0.6 is 0 Å². The van der Waals surface area contributed by atoms with Gasteiger partial charge in [-0.3, -0.25) is 0 Å². The highest BCUT2D eigenvalue weighted by atomic mass is 15.1. The van der Waals surface area contributed by atoms with Crippen molar-refractivity contribution >= 4 is 82.5 Å². The highest BCUT2D eigenvalue weighted by molar-refractivity contribution is 6.12. The summed E-state index contributed by atoms with van der Waals surface area (Å²) in [6, 6.07) is 106. The molecule has 0 aliphatic rings. The molecule has 0 unspecified atom stereocenters. The molecular formula is C72H48N4. The molecular weight excluding hydrogens is 921 g/mol. The van der Waals surface area contributed by atoms with Crippen molar-refractivity contribution in [3.63, 3.8) is 0 Å². The van der Waals surface area contributed by atoms with Crippen LogP contribution in [-0.2, 0) is 0 Å². The molecule has 15 rings (SSSR count). The predicted molar refractivity (Wildman–Crippen MR) is 320 cm³/mol. The summed E-state index contributed by atoms with van der Waals surface area (Å²) in [5.74, 6) is 0. The first kappa shape index (κ1) is 43.4. The third kappa shape index (κ3) is 7.14. The van der Waals surface area contributed by atoms with Crippen LogP contribution in [0.15, 0.2) is 291 Å². The summed E-state index contributed by atoms with van der Waals surface area (Å²) in [4.78, 5) is 2.38. The Morgan fingerprint density at radius 2 is 0.461 bits per heavy atom. The number of hydrogen-bond donors (Lipinski definition) is 0. The van der Waals surface area contributed by atoms with Crippen molar-refractivity contribution in [1.29, 1.82) is 0 Å². The zero-order valence-corrected chi connectivity index (χ0v) is 41.5. The van der Waals surface area contributed by atoms with Gasteiger partial charge in [0, 0.05) is 66.4 Å². The van der Waals surface area contributed by atoms with E-state index in [1.165, 1.54) is 93.2 Å². The number of anilines is 3. The minimum Gasteiger partial charge on any atom is -0.311 e. The van der Waals surface area contributed by atoms with E-state index in [-0.39, 0.29) is 0 Å². The molecule has 0 radical (unpaired) electrons.